The van der Waals surface area contributed by atoms with Crippen LogP contribution in [0.5, 0.6) is 0 Å². The lowest BCUT2D eigenvalue weighted by atomic mass is 10.1. The SMILES string of the molecule is O=C(/C=C/c1cc2ccccc2nc1N1CCOCC1)c1ccc([N+](=O)[O-])cc1. The number of carbonyl (C=O) groups excluding carboxylic acids is 1. The number of benzene rings is 2. The number of ketones is 1. The van der Waals surface area contributed by atoms with E-state index in [2.05, 4.69) is 4.90 Å². The van der Waals surface area contributed by atoms with Crippen molar-refractivity contribution in [1.82, 2.24) is 4.98 Å². The van der Waals surface area contributed by atoms with Crippen molar-refractivity contribution in [1.29, 1.82) is 0 Å². The van der Waals surface area contributed by atoms with Crippen LogP contribution in [0.3, 0.4) is 0 Å². The van der Waals surface area contributed by atoms with Gasteiger partial charge in [0.25, 0.3) is 5.69 Å². The standard InChI is InChI=1S/C22H19N3O4/c26-21(16-5-8-19(9-6-16)25(27)28)10-7-18-15-17-3-1-2-4-20(17)23-22(18)24-11-13-29-14-12-24/h1-10,15H,11-14H2/b10-7+. The van der Waals surface area contributed by atoms with E-state index in [1.54, 1.807) is 6.08 Å². The van der Waals surface area contributed by atoms with Crippen molar-refractivity contribution in [2.45, 2.75) is 0 Å². The molecule has 1 aromatic heterocycles. The lowest BCUT2D eigenvalue weighted by Crippen LogP contribution is -2.37. The van der Waals surface area contributed by atoms with Crippen molar-refractivity contribution in [2.75, 3.05) is 31.2 Å². The number of pyridine rings is 1. The van der Waals surface area contributed by atoms with Crippen molar-refractivity contribution in [3.05, 3.63) is 81.9 Å². The van der Waals surface area contributed by atoms with E-state index >= 15 is 0 Å². The molecule has 3 aromatic rings. The van der Waals surface area contributed by atoms with Crippen molar-refractivity contribution in [3.8, 4) is 0 Å². The summed E-state index contributed by atoms with van der Waals surface area (Å²) in [6.07, 6.45) is 3.24. The summed E-state index contributed by atoms with van der Waals surface area (Å²) in [6.45, 7) is 2.75. The van der Waals surface area contributed by atoms with Crippen LogP contribution in [0.25, 0.3) is 17.0 Å². The molecule has 0 atom stereocenters. The number of fused-ring (bicyclic) bond motifs is 1. The predicted octanol–water partition coefficient (Wildman–Crippen LogP) is 3.88. The molecule has 0 aliphatic carbocycles. The number of nitro benzene ring substituents is 1. The zero-order valence-electron chi connectivity index (χ0n) is 15.7. The van der Waals surface area contributed by atoms with Gasteiger partial charge in [0.1, 0.15) is 5.82 Å². The number of hydrogen-bond donors (Lipinski definition) is 0. The van der Waals surface area contributed by atoms with E-state index in [9.17, 15) is 14.9 Å². The Hall–Kier alpha value is -3.58. The number of anilines is 1. The minimum absolute atomic E-state index is 0.0427. The van der Waals surface area contributed by atoms with Gasteiger partial charge in [-0.25, -0.2) is 4.98 Å². The lowest BCUT2D eigenvalue weighted by molar-refractivity contribution is -0.384. The Bertz CT molecular complexity index is 1090. The third kappa shape index (κ3) is 4.14. The Kier molecular flexibility index (Phi) is 5.31. The zero-order chi connectivity index (χ0) is 20.2. The van der Waals surface area contributed by atoms with Gasteiger partial charge in [0.15, 0.2) is 5.78 Å². The predicted molar refractivity (Wildman–Crippen MR) is 111 cm³/mol. The summed E-state index contributed by atoms with van der Waals surface area (Å²) >= 11 is 0. The minimum Gasteiger partial charge on any atom is -0.378 e. The zero-order valence-corrected chi connectivity index (χ0v) is 15.7. The minimum atomic E-state index is -0.487. The molecule has 2 heterocycles. The third-order valence-corrected chi connectivity index (χ3v) is 4.82. The van der Waals surface area contributed by atoms with Gasteiger partial charge in [0.05, 0.1) is 23.7 Å². The van der Waals surface area contributed by atoms with Gasteiger partial charge in [0, 0.05) is 41.7 Å². The first kappa shape index (κ1) is 18.8. The van der Waals surface area contributed by atoms with Crippen molar-refractivity contribution >= 4 is 34.3 Å². The van der Waals surface area contributed by atoms with E-state index in [0.717, 1.165) is 35.4 Å². The second-order valence-corrected chi connectivity index (χ2v) is 6.69. The molecule has 0 unspecified atom stereocenters. The van der Waals surface area contributed by atoms with Gasteiger partial charge in [-0.1, -0.05) is 18.2 Å². The summed E-state index contributed by atoms with van der Waals surface area (Å²) in [4.78, 5) is 29.8. The maximum Gasteiger partial charge on any atom is 0.269 e. The highest BCUT2D eigenvalue weighted by atomic mass is 16.6. The summed E-state index contributed by atoms with van der Waals surface area (Å²) < 4.78 is 5.44. The number of nitrogens with zero attached hydrogens (tertiary/aromatic N) is 3. The van der Waals surface area contributed by atoms with E-state index in [1.807, 2.05) is 30.3 Å². The number of non-ortho nitro benzene ring substituents is 1. The van der Waals surface area contributed by atoms with Crippen molar-refractivity contribution < 1.29 is 14.5 Å². The fourth-order valence-electron chi connectivity index (χ4n) is 3.28. The monoisotopic (exact) mass is 389 g/mol. The topological polar surface area (TPSA) is 85.6 Å². The smallest absolute Gasteiger partial charge is 0.269 e. The van der Waals surface area contributed by atoms with Gasteiger partial charge in [-0.05, 0) is 36.4 Å². The molecule has 1 saturated heterocycles. The number of rotatable bonds is 5. The third-order valence-electron chi connectivity index (χ3n) is 4.82. The number of hydrogen-bond acceptors (Lipinski definition) is 6. The van der Waals surface area contributed by atoms with Crippen LogP contribution in [-0.2, 0) is 4.74 Å². The summed E-state index contributed by atoms with van der Waals surface area (Å²) in [6, 6.07) is 15.5. The maximum absolute atomic E-state index is 12.5. The second-order valence-electron chi connectivity index (χ2n) is 6.69. The largest absolute Gasteiger partial charge is 0.378 e. The van der Waals surface area contributed by atoms with Gasteiger partial charge < -0.3 is 9.64 Å². The Morgan fingerprint density at radius 2 is 1.83 bits per heavy atom. The lowest BCUT2D eigenvalue weighted by Gasteiger charge is -2.29. The molecule has 1 aliphatic heterocycles. The first-order valence-electron chi connectivity index (χ1n) is 9.31. The van der Waals surface area contributed by atoms with Crippen LogP contribution in [0.2, 0.25) is 0 Å². The molecule has 0 radical (unpaired) electrons. The van der Waals surface area contributed by atoms with Crippen LogP contribution in [-0.4, -0.2) is 42.0 Å². The summed E-state index contributed by atoms with van der Waals surface area (Å²) in [5.41, 5.74) is 2.10. The van der Waals surface area contributed by atoms with Crippen LogP contribution in [0.4, 0.5) is 11.5 Å². The highest BCUT2D eigenvalue weighted by Gasteiger charge is 2.16. The Morgan fingerprint density at radius 1 is 1.10 bits per heavy atom. The molecular formula is C22H19N3O4. The first-order valence-corrected chi connectivity index (χ1v) is 9.31. The van der Waals surface area contributed by atoms with Gasteiger partial charge in [-0.2, -0.15) is 0 Å². The normalized spacial score (nSPS) is 14.4. The quantitative estimate of drug-likeness (QED) is 0.285. The second kappa shape index (κ2) is 8.20. The number of morpholine rings is 1. The van der Waals surface area contributed by atoms with Crippen LogP contribution in [0, 0.1) is 10.1 Å². The van der Waals surface area contributed by atoms with Crippen LogP contribution in [0.1, 0.15) is 15.9 Å². The summed E-state index contributed by atoms with van der Waals surface area (Å²) in [5, 5.41) is 11.8. The van der Waals surface area contributed by atoms with Gasteiger partial charge in [-0.15, -0.1) is 0 Å². The molecule has 0 amide bonds. The molecule has 29 heavy (non-hydrogen) atoms. The average Bonchev–Trinajstić information content (AvgIpc) is 2.77. The number of ether oxygens (including phenoxy) is 1. The number of nitro groups is 1. The molecule has 0 spiro atoms. The fourth-order valence-corrected chi connectivity index (χ4v) is 3.28. The van der Waals surface area contributed by atoms with E-state index in [0.29, 0.717) is 18.8 Å². The molecule has 0 bridgehead atoms. The fraction of sp³-hybridized carbons (Fsp3) is 0.182. The Labute approximate surface area is 167 Å². The highest BCUT2D eigenvalue weighted by Crippen LogP contribution is 2.26. The number of carbonyl (C=O) groups is 1. The van der Waals surface area contributed by atoms with Crippen LogP contribution in [0.15, 0.2) is 60.7 Å². The van der Waals surface area contributed by atoms with E-state index in [1.165, 1.54) is 30.3 Å². The molecule has 7 nitrogen and oxygen atoms in total. The Morgan fingerprint density at radius 3 is 2.55 bits per heavy atom. The van der Waals surface area contributed by atoms with Gasteiger partial charge in [0.2, 0.25) is 0 Å². The van der Waals surface area contributed by atoms with Crippen molar-refractivity contribution in [2.24, 2.45) is 0 Å². The number of aromatic nitrogens is 1. The highest BCUT2D eigenvalue weighted by molar-refractivity contribution is 6.07. The molecule has 0 saturated carbocycles. The molecule has 1 fully saturated rings. The molecule has 1 aliphatic rings. The van der Waals surface area contributed by atoms with Crippen molar-refractivity contribution in [3.63, 3.8) is 0 Å². The molecular weight excluding hydrogens is 370 g/mol. The first-order chi connectivity index (χ1) is 14.1. The Balaban J connectivity index is 1.66. The molecule has 4 rings (SSSR count). The average molecular weight is 389 g/mol. The molecule has 7 heteroatoms. The molecule has 2 aromatic carbocycles. The summed E-state index contributed by atoms with van der Waals surface area (Å²) in [7, 11) is 0. The van der Waals surface area contributed by atoms with E-state index < -0.39 is 4.92 Å². The number of allylic oxidation sites excluding steroid dienone is 1. The van der Waals surface area contributed by atoms with Gasteiger partial charge >= 0.3 is 0 Å². The summed E-state index contributed by atoms with van der Waals surface area (Å²) in [5.74, 6) is 0.598. The van der Waals surface area contributed by atoms with Crippen LogP contribution < -0.4 is 4.90 Å². The molecule has 0 N–H and O–H groups in total. The number of para-hydroxylation sites is 1. The maximum atomic E-state index is 12.5. The van der Waals surface area contributed by atoms with Crippen LogP contribution >= 0.6 is 0 Å². The van der Waals surface area contributed by atoms with Gasteiger partial charge in [-0.3, -0.25) is 14.9 Å². The molecule has 146 valence electrons. The van der Waals surface area contributed by atoms with E-state index in [-0.39, 0.29) is 11.5 Å². The van der Waals surface area contributed by atoms with E-state index in [4.69, 9.17) is 9.72 Å².